The molecule has 0 radical (unpaired) electrons. The van der Waals surface area contributed by atoms with Crippen molar-refractivity contribution in [1.82, 2.24) is 0 Å². The summed E-state index contributed by atoms with van der Waals surface area (Å²) in [4.78, 5) is 0. The summed E-state index contributed by atoms with van der Waals surface area (Å²) in [6, 6.07) is 8.65. The summed E-state index contributed by atoms with van der Waals surface area (Å²) >= 11 is 0. The van der Waals surface area contributed by atoms with E-state index >= 15 is 0 Å². The van der Waals surface area contributed by atoms with E-state index in [2.05, 4.69) is 37.3 Å². The summed E-state index contributed by atoms with van der Waals surface area (Å²) in [5.74, 6) is 0. The first-order valence-electron chi connectivity index (χ1n) is 7.68. The van der Waals surface area contributed by atoms with Crippen LogP contribution in [0, 0.1) is 6.92 Å². The van der Waals surface area contributed by atoms with Crippen molar-refractivity contribution in [1.29, 1.82) is 0 Å². The summed E-state index contributed by atoms with van der Waals surface area (Å²) < 4.78 is 0. The second kappa shape index (κ2) is 7.49. The van der Waals surface area contributed by atoms with Gasteiger partial charge in [0.2, 0.25) is 0 Å². The Morgan fingerprint density at radius 3 is 2.58 bits per heavy atom. The number of hydrogen-bond donors (Lipinski definition) is 1. The van der Waals surface area contributed by atoms with Gasteiger partial charge >= 0.3 is 0 Å². The SMILES string of the molecule is Cc1ccc(CCC(O)/C2=C/CCCCCC2)cc1. The summed E-state index contributed by atoms with van der Waals surface area (Å²) in [5, 5.41) is 10.3. The van der Waals surface area contributed by atoms with Crippen molar-refractivity contribution < 1.29 is 5.11 Å². The van der Waals surface area contributed by atoms with Gasteiger partial charge in [-0.3, -0.25) is 0 Å². The third kappa shape index (κ3) is 4.83. The fourth-order valence-corrected chi connectivity index (χ4v) is 2.76. The molecule has 1 nitrogen and oxygen atoms in total. The molecular formula is C18H26O. The van der Waals surface area contributed by atoms with Gasteiger partial charge in [-0.25, -0.2) is 0 Å². The van der Waals surface area contributed by atoms with E-state index in [4.69, 9.17) is 0 Å². The van der Waals surface area contributed by atoms with Crippen molar-refractivity contribution in [2.45, 2.75) is 64.4 Å². The smallest absolute Gasteiger partial charge is 0.0753 e. The normalized spacial score (nSPS) is 21.1. The van der Waals surface area contributed by atoms with Crippen LogP contribution in [-0.2, 0) is 6.42 Å². The minimum absolute atomic E-state index is 0.237. The highest BCUT2D eigenvalue weighted by molar-refractivity contribution is 5.22. The number of aliphatic hydroxyl groups excluding tert-OH is 1. The van der Waals surface area contributed by atoms with Gasteiger partial charge in [0.25, 0.3) is 0 Å². The lowest BCUT2D eigenvalue weighted by atomic mass is 9.93. The molecule has 0 aliphatic heterocycles. The Morgan fingerprint density at radius 1 is 1.05 bits per heavy atom. The number of hydrogen-bond acceptors (Lipinski definition) is 1. The summed E-state index contributed by atoms with van der Waals surface area (Å²) in [7, 11) is 0. The van der Waals surface area contributed by atoms with Crippen LogP contribution in [0.1, 0.15) is 56.1 Å². The molecule has 1 aromatic rings. The summed E-state index contributed by atoms with van der Waals surface area (Å²) in [6.45, 7) is 2.11. The van der Waals surface area contributed by atoms with E-state index < -0.39 is 0 Å². The zero-order valence-corrected chi connectivity index (χ0v) is 12.1. The molecule has 1 N–H and O–H groups in total. The Balaban J connectivity index is 1.85. The van der Waals surface area contributed by atoms with Crippen LogP contribution in [0.2, 0.25) is 0 Å². The van der Waals surface area contributed by atoms with Gasteiger partial charge in [-0.15, -0.1) is 0 Å². The number of benzene rings is 1. The molecule has 1 atom stereocenters. The third-order valence-electron chi connectivity index (χ3n) is 4.08. The number of aryl methyl sites for hydroxylation is 2. The number of allylic oxidation sites excluding steroid dienone is 1. The topological polar surface area (TPSA) is 20.2 Å². The van der Waals surface area contributed by atoms with Crippen LogP contribution in [0.4, 0.5) is 0 Å². The van der Waals surface area contributed by atoms with E-state index in [0.29, 0.717) is 0 Å². The van der Waals surface area contributed by atoms with E-state index in [-0.39, 0.29) is 6.10 Å². The Labute approximate surface area is 117 Å². The van der Waals surface area contributed by atoms with Gasteiger partial charge in [-0.2, -0.15) is 0 Å². The van der Waals surface area contributed by atoms with Gasteiger partial charge in [-0.1, -0.05) is 48.7 Å². The molecule has 1 unspecified atom stereocenters. The molecule has 0 spiro atoms. The van der Waals surface area contributed by atoms with E-state index in [1.54, 1.807) is 0 Å². The Morgan fingerprint density at radius 2 is 1.79 bits per heavy atom. The quantitative estimate of drug-likeness (QED) is 0.784. The molecule has 1 aliphatic rings. The standard InChI is InChI=1S/C18H26O/c1-15-9-11-16(12-10-15)13-14-18(19)17-7-5-3-2-4-6-8-17/h7,9-12,18-19H,2-6,8,13-14H2,1H3/b17-7+. The predicted molar refractivity (Wildman–Crippen MR) is 81.3 cm³/mol. The lowest BCUT2D eigenvalue weighted by Gasteiger charge is -2.17. The van der Waals surface area contributed by atoms with Gasteiger partial charge in [0.15, 0.2) is 0 Å². The van der Waals surface area contributed by atoms with Gasteiger partial charge in [0.1, 0.15) is 0 Å². The maximum Gasteiger partial charge on any atom is 0.0753 e. The molecule has 0 amide bonds. The minimum atomic E-state index is -0.237. The molecule has 0 heterocycles. The molecule has 0 aromatic heterocycles. The Bertz CT molecular complexity index is 402. The van der Waals surface area contributed by atoms with Crippen molar-refractivity contribution in [2.24, 2.45) is 0 Å². The van der Waals surface area contributed by atoms with Gasteiger partial charge in [-0.05, 0) is 56.6 Å². The molecule has 104 valence electrons. The zero-order chi connectivity index (χ0) is 13.5. The third-order valence-corrected chi connectivity index (χ3v) is 4.08. The second-order valence-corrected chi connectivity index (χ2v) is 5.77. The lowest BCUT2D eigenvalue weighted by molar-refractivity contribution is 0.195. The second-order valence-electron chi connectivity index (χ2n) is 5.77. The fourth-order valence-electron chi connectivity index (χ4n) is 2.76. The van der Waals surface area contributed by atoms with Crippen LogP contribution < -0.4 is 0 Å². The largest absolute Gasteiger partial charge is 0.389 e. The van der Waals surface area contributed by atoms with Crippen molar-refractivity contribution in [3.8, 4) is 0 Å². The van der Waals surface area contributed by atoms with Crippen LogP contribution in [0.5, 0.6) is 0 Å². The molecule has 0 fully saturated rings. The Hall–Kier alpha value is -1.08. The minimum Gasteiger partial charge on any atom is -0.389 e. The van der Waals surface area contributed by atoms with E-state index in [9.17, 15) is 5.11 Å². The maximum absolute atomic E-state index is 10.3. The van der Waals surface area contributed by atoms with Crippen molar-refractivity contribution in [3.05, 3.63) is 47.0 Å². The Kier molecular flexibility index (Phi) is 5.65. The first-order valence-corrected chi connectivity index (χ1v) is 7.68. The summed E-state index contributed by atoms with van der Waals surface area (Å²) in [5.41, 5.74) is 3.91. The summed E-state index contributed by atoms with van der Waals surface area (Å²) in [6.07, 6.45) is 11.3. The van der Waals surface area contributed by atoms with Gasteiger partial charge < -0.3 is 5.11 Å². The van der Waals surface area contributed by atoms with E-state index in [0.717, 1.165) is 25.7 Å². The molecule has 19 heavy (non-hydrogen) atoms. The van der Waals surface area contributed by atoms with E-state index in [1.165, 1.54) is 42.4 Å². The fraction of sp³-hybridized carbons (Fsp3) is 0.556. The molecule has 0 bridgehead atoms. The molecule has 0 saturated heterocycles. The van der Waals surface area contributed by atoms with Crippen LogP contribution in [0.15, 0.2) is 35.9 Å². The van der Waals surface area contributed by atoms with Crippen LogP contribution in [0.25, 0.3) is 0 Å². The average molecular weight is 258 g/mol. The average Bonchev–Trinajstić information content (AvgIpc) is 2.37. The monoisotopic (exact) mass is 258 g/mol. The molecule has 1 aromatic carbocycles. The van der Waals surface area contributed by atoms with Crippen LogP contribution in [0.3, 0.4) is 0 Å². The number of rotatable bonds is 4. The van der Waals surface area contributed by atoms with Gasteiger partial charge in [0, 0.05) is 0 Å². The lowest BCUT2D eigenvalue weighted by Crippen LogP contribution is -2.12. The van der Waals surface area contributed by atoms with Crippen LogP contribution >= 0.6 is 0 Å². The predicted octanol–water partition coefficient (Wildman–Crippen LogP) is 4.57. The highest BCUT2D eigenvalue weighted by Crippen LogP contribution is 2.22. The molecule has 2 rings (SSSR count). The van der Waals surface area contributed by atoms with Crippen molar-refractivity contribution >= 4 is 0 Å². The van der Waals surface area contributed by atoms with Gasteiger partial charge in [0.05, 0.1) is 6.10 Å². The zero-order valence-electron chi connectivity index (χ0n) is 12.1. The molecule has 1 heteroatoms. The molecule has 0 saturated carbocycles. The molecule has 1 aliphatic carbocycles. The van der Waals surface area contributed by atoms with Crippen molar-refractivity contribution in [2.75, 3.05) is 0 Å². The first-order chi connectivity index (χ1) is 9.25. The molecular weight excluding hydrogens is 232 g/mol. The maximum atomic E-state index is 10.3. The highest BCUT2D eigenvalue weighted by Gasteiger charge is 2.12. The first kappa shape index (κ1) is 14.3. The van der Waals surface area contributed by atoms with Crippen molar-refractivity contribution in [3.63, 3.8) is 0 Å². The highest BCUT2D eigenvalue weighted by atomic mass is 16.3. The van der Waals surface area contributed by atoms with Crippen LogP contribution in [-0.4, -0.2) is 11.2 Å². The van der Waals surface area contributed by atoms with E-state index in [1.807, 2.05) is 0 Å². The number of aliphatic hydroxyl groups is 1.